The molecule has 1 aromatic carbocycles. The van der Waals surface area contributed by atoms with Gasteiger partial charge >= 0.3 is 0 Å². The molecule has 19 heavy (non-hydrogen) atoms. The van der Waals surface area contributed by atoms with Gasteiger partial charge < -0.3 is 10.7 Å². The van der Waals surface area contributed by atoms with Gasteiger partial charge in [0.2, 0.25) is 0 Å². The second-order valence-electron chi connectivity index (χ2n) is 4.77. The van der Waals surface area contributed by atoms with Crippen LogP contribution >= 0.6 is 0 Å². The van der Waals surface area contributed by atoms with Crippen molar-refractivity contribution in [1.82, 2.24) is 19.7 Å². The number of nitrogens with two attached hydrogens (primary N) is 1. The molecule has 0 saturated heterocycles. The quantitative estimate of drug-likeness (QED) is 0.749. The lowest BCUT2D eigenvalue weighted by Crippen LogP contribution is -2.02. The first-order valence-electron chi connectivity index (χ1n) is 6.36. The minimum atomic E-state index is 0.629. The van der Waals surface area contributed by atoms with Crippen LogP contribution < -0.4 is 5.73 Å². The number of aromatic amines is 1. The summed E-state index contributed by atoms with van der Waals surface area (Å²) in [5.74, 6) is 0.926. The van der Waals surface area contributed by atoms with Crippen LogP contribution in [0.2, 0.25) is 0 Å². The molecule has 0 aliphatic rings. The number of H-pyrrole nitrogens is 1. The highest BCUT2D eigenvalue weighted by Gasteiger charge is 2.11. The van der Waals surface area contributed by atoms with Crippen molar-refractivity contribution in [2.24, 2.45) is 12.8 Å². The molecule has 0 aliphatic carbocycles. The summed E-state index contributed by atoms with van der Waals surface area (Å²) in [6, 6.07) is 6.18. The zero-order chi connectivity index (χ0) is 13.4. The van der Waals surface area contributed by atoms with E-state index in [2.05, 4.69) is 27.2 Å². The molecule has 3 N–H and O–H groups in total. The zero-order valence-corrected chi connectivity index (χ0v) is 11.1. The van der Waals surface area contributed by atoms with Crippen LogP contribution in [0.3, 0.4) is 0 Å². The summed E-state index contributed by atoms with van der Waals surface area (Å²) >= 11 is 0. The minimum Gasteiger partial charge on any atom is -0.342 e. The predicted molar refractivity (Wildman–Crippen MR) is 75.8 cm³/mol. The van der Waals surface area contributed by atoms with Gasteiger partial charge in [0.05, 0.1) is 16.7 Å². The maximum atomic E-state index is 5.66. The molecule has 0 radical (unpaired) electrons. The standard InChI is InChI=1S/C14H17N5/c1-9-16-12-4-3-10(7-13(12)17-9)14-11(5-6-15)8-19(2)18-14/h3-4,7-8H,5-6,15H2,1-2H3,(H,16,17). The largest absolute Gasteiger partial charge is 0.342 e. The fourth-order valence-electron chi connectivity index (χ4n) is 2.40. The third kappa shape index (κ3) is 2.13. The highest BCUT2D eigenvalue weighted by molar-refractivity contribution is 5.81. The Morgan fingerprint density at radius 3 is 3.00 bits per heavy atom. The number of benzene rings is 1. The maximum Gasteiger partial charge on any atom is 0.104 e. The first kappa shape index (κ1) is 11.9. The number of aromatic nitrogens is 4. The molecule has 0 unspecified atom stereocenters. The number of rotatable bonds is 3. The van der Waals surface area contributed by atoms with E-state index in [-0.39, 0.29) is 0 Å². The SMILES string of the molecule is Cc1nc2ccc(-c3nn(C)cc3CCN)cc2[nH]1. The molecule has 0 saturated carbocycles. The van der Waals surface area contributed by atoms with Crippen LogP contribution in [0.4, 0.5) is 0 Å². The van der Waals surface area contributed by atoms with Crippen molar-refractivity contribution in [2.75, 3.05) is 6.54 Å². The van der Waals surface area contributed by atoms with E-state index < -0.39 is 0 Å². The van der Waals surface area contributed by atoms with Gasteiger partial charge in [-0.15, -0.1) is 0 Å². The van der Waals surface area contributed by atoms with E-state index in [1.807, 2.05) is 30.9 Å². The van der Waals surface area contributed by atoms with Gasteiger partial charge in [-0.05, 0) is 37.6 Å². The Balaban J connectivity index is 2.12. The molecule has 0 fully saturated rings. The molecule has 5 nitrogen and oxygen atoms in total. The van der Waals surface area contributed by atoms with E-state index in [1.165, 1.54) is 5.56 Å². The van der Waals surface area contributed by atoms with Crippen LogP contribution in [0.25, 0.3) is 22.3 Å². The van der Waals surface area contributed by atoms with Crippen molar-refractivity contribution in [2.45, 2.75) is 13.3 Å². The summed E-state index contributed by atoms with van der Waals surface area (Å²) in [4.78, 5) is 7.67. The number of fused-ring (bicyclic) bond motifs is 1. The monoisotopic (exact) mass is 255 g/mol. The van der Waals surface area contributed by atoms with Crippen molar-refractivity contribution in [3.05, 3.63) is 35.8 Å². The van der Waals surface area contributed by atoms with E-state index in [0.29, 0.717) is 6.54 Å². The van der Waals surface area contributed by atoms with Crippen LogP contribution in [-0.4, -0.2) is 26.3 Å². The Morgan fingerprint density at radius 1 is 1.37 bits per heavy atom. The summed E-state index contributed by atoms with van der Waals surface area (Å²) < 4.78 is 1.84. The fraction of sp³-hybridized carbons (Fsp3) is 0.286. The molecule has 3 aromatic rings. The summed E-state index contributed by atoms with van der Waals surface area (Å²) in [6.45, 7) is 2.59. The summed E-state index contributed by atoms with van der Waals surface area (Å²) in [5, 5.41) is 4.54. The lowest BCUT2D eigenvalue weighted by Gasteiger charge is -2.01. The molecule has 3 rings (SSSR count). The second-order valence-corrected chi connectivity index (χ2v) is 4.77. The van der Waals surface area contributed by atoms with Crippen LogP contribution in [0.1, 0.15) is 11.4 Å². The van der Waals surface area contributed by atoms with E-state index in [0.717, 1.165) is 34.5 Å². The van der Waals surface area contributed by atoms with Crippen molar-refractivity contribution in [3.8, 4) is 11.3 Å². The molecule has 0 atom stereocenters. The lowest BCUT2D eigenvalue weighted by molar-refractivity contribution is 0.769. The topological polar surface area (TPSA) is 72.5 Å². The molecule has 0 aliphatic heterocycles. The molecule has 0 spiro atoms. The van der Waals surface area contributed by atoms with E-state index in [1.54, 1.807) is 0 Å². The van der Waals surface area contributed by atoms with Crippen molar-refractivity contribution < 1.29 is 0 Å². The van der Waals surface area contributed by atoms with Gasteiger partial charge in [0.1, 0.15) is 5.82 Å². The number of imidazole rings is 1. The predicted octanol–water partition coefficient (Wildman–Crippen LogP) is 1.77. The molecule has 0 amide bonds. The van der Waals surface area contributed by atoms with Gasteiger partial charge in [-0.3, -0.25) is 4.68 Å². The summed E-state index contributed by atoms with van der Waals surface area (Å²) in [7, 11) is 1.93. The van der Waals surface area contributed by atoms with Gasteiger partial charge in [0, 0.05) is 18.8 Å². The van der Waals surface area contributed by atoms with Crippen LogP contribution in [0.5, 0.6) is 0 Å². The summed E-state index contributed by atoms with van der Waals surface area (Å²) in [6.07, 6.45) is 2.87. The van der Waals surface area contributed by atoms with E-state index >= 15 is 0 Å². The van der Waals surface area contributed by atoms with Crippen LogP contribution in [-0.2, 0) is 13.5 Å². The van der Waals surface area contributed by atoms with Crippen LogP contribution in [0, 0.1) is 6.92 Å². The first-order chi connectivity index (χ1) is 9.17. The van der Waals surface area contributed by atoms with E-state index in [9.17, 15) is 0 Å². The van der Waals surface area contributed by atoms with Gasteiger partial charge in [0.15, 0.2) is 0 Å². The number of nitrogens with one attached hydrogen (secondary N) is 1. The molecule has 5 heteroatoms. The Kier molecular flexibility index (Phi) is 2.83. The first-order valence-corrected chi connectivity index (χ1v) is 6.36. The lowest BCUT2D eigenvalue weighted by atomic mass is 10.1. The summed E-state index contributed by atoms with van der Waals surface area (Å²) in [5.41, 5.74) is 11.0. The van der Waals surface area contributed by atoms with Gasteiger partial charge in [-0.2, -0.15) is 5.10 Å². The average Bonchev–Trinajstić information content (AvgIpc) is 2.90. The smallest absolute Gasteiger partial charge is 0.104 e. The minimum absolute atomic E-state index is 0.629. The number of nitrogens with zero attached hydrogens (tertiary/aromatic N) is 3. The highest BCUT2D eigenvalue weighted by atomic mass is 15.2. The Labute approximate surface area is 111 Å². The van der Waals surface area contributed by atoms with Gasteiger partial charge in [-0.25, -0.2) is 4.98 Å². The molecular formula is C14H17N5. The average molecular weight is 255 g/mol. The van der Waals surface area contributed by atoms with Crippen molar-refractivity contribution in [1.29, 1.82) is 0 Å². The van der Waals surface area contributed by atoms with Gasteiger partial charge in [0.25, 0.3) is 0 Å². The number of hydrogen-bond acceptors (Lipinski definition) is 3. The second kappa shape index (κ2) is 4.51. The Hall–Kier alpha value is -2.14. The fourth-order valence-corrected chi connectivity index (χ4v) is 2.40. The van der Waals surface area contributed by atoms with Crippen molar-refractivity contribution >= 4 is 11.0 Å². The molecule has 0 bridgehead atoms. The van der Waals surface area contributed by atoms with Crippen molar-refractivity contribution in [3.63, 3.8) is 0 Å². The molecule has 2 heterocycles. The van der Waals surface area contributed by atoms with E-state index in [4.69, 9.17) is 5.73 Å². The normalized spacial score (nSPS) is 11.3. The molecule has 2 aromatic heterocycles. The number of hydrogen-bond donors (Lipinski definition) is 2. The number of aryl methyl sites for hydroxylation is 2. The third-order valence-electron chi connectivity index (χ3n) is 3.19. The Morgan fingerprint density at radius 2 is 2.21 bits per heavy atom. The van der Waals surface area contributed by atoms with Gasteiger partial charge in [-0.1, -0.05) is 6.07 Å². The zero-order valence-electron chi connectivity index (χ0n) is 11.1. The third-order valence-corrected chi connectivity index (χ3v) is 3.19. The van der Waals surface area contributed by atoms with Crippen LogP contribution in [0.15, 0.2) is 24.4 Å². The Bertz CT molecular complexity index is 723. The highest BCUT2D eigenvalue weighted by Crippen LogP contribution is 2.25. The molecule has 98 valence electrons. The maximum absolute atomic E-state index is 5.66. The molecular weight excluding hydrogens is 238 g/mol.